The Morgan fingerprint density at radius 1 is 0.804 bits per heavy atom. The van der Waals surface area contributed by atoms with Gasteiger partial charge < -0.3 is 9.88 Å². The molecule has 0 saturated carbocycles. The van der Waals surface area contributed by atoms with Crippen molar-refractivity contribution in [1.82, 2.24) is 4.57 Å². The summed E-state index contributed by atoms with van der Waals surface area (Å²) in [7, 11) is 0. The van der Waals surface area contributed by atoms with Crippen molar-refractivity contribution in [2.75, 3.05) is 5.32 Å². The summed E-state index contributed by atoms with van der Waals surface area (Å²) in [5, 5.41) is 5.04. The minimum atomic E-state index is 0.460. The molecule has 0 saturated heterocycles. The minimum absolute atomic E-state index is 0.460. The van der Waals surface area contributed by atoms with Gasteiger partial charge >= 0.3 is 0 Å². The molecule has 0 amide bonds. The van der Waals surface area contributed by atoms with Gasteiger partial charge in [0.15, 0.2) is 0 Å². The van der Waals surface area contributed by atoms with E-state index in [4.69, 9.17) is 0 Å². The van der Waals surface area contributed by atoms with Crippen molar-refractivity contribution in [3.8, 4) is 5.69 Å². The van der Waals surface area contributed by atoms with Crippen molar-refractivity contribution in [3.05, 3.63) is 201 Å². The van der Waals surface area contributed by atoms with Gasteiger partial charge in [-0.05, 0) is 169 Å². The fraction of sp³-hybridized carbons (Fsp3) is 0.222. The predicted octanol–water partition coefficient (Wildman–Crippen LogP) is 14.0. The van der Waals surface area contributed by atoms with Crippen LogP contribution in [0.1, 0.15) is 90.6 Å². The fourth-order valence-electron chi connectivity index (χ4n) is 9.33. The summed E-state index contributed by atoms with van der Waals surface area (Å²) in [6.07, 6.45) is 37.3. The van der Waals surface area contributed by atoms with Gasteiger partial charge in [-0.3, -0.25) is 0 Å². The summed E-state index contributed by atoms with van der Waals surface area (Å²) in [6.45, 7) is 4.25. The van der Waals surface area contributed by atoms with Crippen LogP contribution < -0.4 is 5.32 Å². The van der Waals surface area contributed by atoms with E-state index in [-0.39, 0.29) is 0 Å². The molecule has 9 rings (SSSR count). The Hall–Kier alpha value is -5.86. The van der Waals surface area contributed by atoms with E-state index in [1.807, 2.05) is 0 Å². The van der Waals surface area contributed by atoms with Crippen LogP contribution in [0.4, 0.5) is 5.69 Å². The molecule has 56 heavy (non-hydrogen) atoms. The molecule has 1 N–H and O–H groups in total. The van der Waals surface area contributed by atoms with Crippen molar-refractivity contribution in [3.63, 3.8) is 0 Å². The van der Waals surface area contributed by atoms with Crippen LogP contribution >= 0.6 is 0 Å². The predicted molar refractivity (Wildman–Crippen MR) is 241 cm³/mol. The van der Waals surface area contributed by atoms with Gasteiger partial charge in [0.05, 0.1) is 11.2 Å². The maximum absolute atomic E-state index is 3.56. The average molecular weight is 729 g/mol. The number of nitrogens with zero attached hydrogens (tertiary/aromatic N) is 1. The van der Waals surface area contributed by atoms with Crippen LogP contribution in [0.5, 0.6) is 0 Å². The normalized spacial score (nSPS) is 19.2. The van der Waals surface area contributed by atoms with Crippen molar-refractivity contribution in [1.29, 1.82) is 0 Å². The highest BCUT2D eigenvalue weighted by Crippen LogP contribution is 2.42. The van der Waals surface area contributed by atoms with Gasteiger partial charge in [0.2, 0.25) is 0 Å². The zero-order valence-electron chi connectivity index (χ0n) is 32.9. The van der Waals surface area contributed by atoms with E-state index in [2.05, 4.69) is 182 Å². The Morgan fingerprint density at radius 2 is 1.66 bits per heavy atom. The lowest BCUT2D eigenvalue weighted by atomic mass is 9.85. The van der Waals surface area contributed by atoms with Gasteiger partial charge in [-0.15, -0.1) is 0 Å². The first-order chi connectivity index (χ1) is 27.6. The number of aryl methyl sites for hydroxylation is 2. The fourth-order valence-corrected chi connectivity index (χ4v) is 9.33. The average Bonchev–Trinajstić information content (AvgIpc) is 3.57. The van der Waals surface area contributed by atoms with Gasteiger partial charge in [0.1, 0.15) is 0 Å². The van der Waals surface area contributed by atoms with Crippen molar-refractivity contribution >= 4 is 40.4 Å². The second kappa shape index (κ2) is 16.1. The number of nitrogens with one attached hydrogen (secondary N) is 1. The SMILES string of the molecule is C/C=C\C(=C/C)C1C=CC(Cc2cccc(-n3c4c(c5c6c(ccc53)C=CCC6)CCC(c3ccc5c(c3)C/C(=C\Nc3ccccc3)CC/C=C\5)=C4)c2)=CC1. The third-order valence-electron chi connectivity index (χ3n) is 12.2. The highest BCUT2D eigenvalue weighted by molar-refractivity contribution is 5.99. The number of hydrogen-bond donors (Lipinski definition) is 1. The van der Waals surface area contributed by atoms with E-state index in [1.54, 1.807) is 0 Å². The maximum Gasteiger partial charge on any atom is 0.0540 e. The largest absolute Gasteiger partial charge is 0.362 e. The van der Waals surface area contributed by atoms with Gasteiger partial charge in [-0.2, -0.15) is 0 Å². The van der Waals surface area contributed by atoms with Crippen LogP contribution in [0.3, 0.4) is 0 Å². The summed E-state index contributed by atoms with van der Waals surface area (Å²) < 4.78 is 2.58. The summed E-state index contributed by atoms with van der Waals surface area (Å²) in [4.78, 5) is 0. The zero-order chi connectivity index (χ0) is 37.8. The highest BCUT2D eigenvalue weighted by Gasteiger charge is 2.25. The zero-order valence-corrected chi connectivity index (χ0v) is 32.9. The van der Waals surface area contributed by atoms with Crippen LogP contribution in [0, 0.1) is 5.92 Å². The second-order valence-corrected chi connectivity index (χ2v) is 15.8. The lowest BCUT2D eigenvalue weighted by molar-refractivity contribution is 0.773. The van der Waals surface area contributed by atoms with Crippen molar-refractivity contribution in [2.24, 2.45) is 5.92 Å². The van der Waals surface area contributed by atoms with Gasteiger partial charge in [-0.25, -0.2) is 0 Å². The van der Waals surface area contributed by atoms with Crippen LogP contribution in [0.2, 0.25) is 0 Å². The Morgan fingerprint density at radius 3 is 2.50 bits per heavy atom. The molecular weight excluding hydrogens is 677 g/mol. The lowest BCUT2D eigenvalue weighted by Crippen LogP contribution is -2.05. The van der Waals surface area contributed by atoms with Crippen LogP contribution in [-0.4, -0.2) is 4.57 Å². The maximum atomic E-state index is 3.56. The van der Waals surface area contributed by atoms with Gasteiger partial charge in [0, 0.05) is 28.9 Å². The molecule has 1 atom stereocenters. The monoisotopic (exact) mass is 728 g/mol. The van der Waals surface area contributed by atoms with E-state index in [9.17, 15) is 0 Å². The first-order valence-electron chi connectivity index (χ1n) is 20.8. The quantitative estimate of drug-likeness (QED) is 0.157. The molecule has 4 aliphatic rings. The first kappa shape index (κ1) is 35.8. The number of hydrogen-bond acceptors (Lipinski definition) is 1. The number of allylic oxidation sites excluding steroid dienone is 12. The molecule has 0 radical (unpaired) electrons. The van der Waals surface area contributed by atoms with Crippen LogP contribution in [-0.2, 0) is 25.7 Å². The smallest absolute Gasteiger partial charge is 0.0540 e. The topological polar surface area (TPSA) is 17.0 Å². The molecular formula is C54H52N2. The third-order valence-corrected chi connectivity index (χ3v) is 12.2. The molecule has 2 nitrogen and oxygen atoms in total. The Balaban J connectivity index is 1.08. The first-order valence-corrected chi connectivity index (χ1v) is 20.8. The van der Waals surface area contributed by atoms with E-state index < -0.39 is 0 Å². The molecule has 0 aliphatic heterocycles. The number of aromatic nitrogens is 1. The molecule has 4 aliphatic carbocycles. The van der Waals surface area contributed by atoms with Crippen molar-refractivity contribution in [2.45, 2.75) is 71.6 Å². The standard InChI is InChI=1S/C54H52N2/c1-3-13-41(4-2)43-24-22-38(23-25-43)32-39-15-12-20-49(34-39)56-52-31-29-44-17-10-11-21-50(44)54(52)51-30-28-46(36-53(51)56)45-27-26-42-16-9-8-14-40(33-47(42)35-45)37-55-48-18-6-5-7-19-48/h3-7,9-10,12-13,15-20,22-24,26-27,29,31,34-37,43,55H,8,11,14,21,25,28,30,32-33H2,1-2H3/b13-3-,16-9-,40-37-,41-4+. The molecule has 0 spiro atoms. The Bertz CT molecular complexity index is 2540. The summed E-state index contributed by atoms with van der Waals surface area (Å²) in [6, 6.07) is 31.7. The molecule has 0 bridgehead atoms. The molecule has 1 heterocycles. The van der Waals surface area contributed by atoms with Crippen LogP contribution in [0.25, 0.3) is 40.4 Å². The molecule has 4 aromatic carbocycles. The number of benzene rings is 4. The number of rotatable bonds is 8. The summed E-state index contributed by atoms with van der Waals surface area (Å²) in [5.74, 6) is 0.460. The molecule has 278 valence electrons. The van der Waals surface area contributed by atoms with Crippen molar-refractivity contribution < 1.29 is 0 Å². The van der Waals surface area contributed by atoms with Gasteiger partial charge in [-0.1, -0.05) is 115 Å². The third kappa shape index (κ3) is 7.29. The molecule has 5 aromatic rings. The molecule has 2 heteroatoms. The number of anilines is 1. The van der Waals surface area contributed by atoms with E-state index in [0.717, 1.165) is 63.5 Å². The Labute approximate surface area is 333 Å². The molecule has 1 unspecified atom stereocenters. The van der Waals surface area contributed by atoms with E-state index in [1.165, 1.54) is 83.5 Å². The van der Waals surface area contributed by atoms with E-state index in [0.29, 0.717) is 5.92 Å². The number of para-hydroxylation sites is 1. The number of fused-ring (bicyclic) bond motifs is 6. The highest BCUT2D eigenvalue weighted by atomic mass is 15.0. The minimum Gasteiger partial charge on any atom is -0.362 e. The molecule has 0 fully saturated rings. The summed E-state index contributed by atoms with van der Waals surface area (Å²) >= 11 is 0. The summed E-state index contributed by atoms with van der Waals surface area (Å²) in [5.41, 5.74) is 20.6. The van der Waals surface area contributed by atoms with Crippen LogP contribution in [0.15, 0.2) is 156 Å². The lowest BCUT2D eigenvalue weighted by Gasteiger charge is -2.20. The Kier molecular flexibility index (Phi) is 10.3. The molecule has 1 aromatic heterocycles. The van der Waals surface area contributed by atoms with Gasteiger partial charge in [0.25, 0.3) is 0 Å². The van der Waals surface area contributed by atoms with E-state index >= 15 is 0 Å². The second-order valence-electron chi connectivity index (χ2n) is 15.8.